The van der Waals surface area contributed by atoms with Gasteiger partial charge in [-0.2, -0.15) is 0 Å². The number of rotatable bonds is 3. The number of nitrogens with one attached hydrogen (secondary N) is 1. The van der Waals surface area contributed by atoms with Crippen LogP contribution in [0.25, 0.3) is 0 Å². The Bertz CT molecular complexity index is 631. The standard InChI is InChI=1S/C13H11BrF2N2O2/c1-18(7-9-3-5-12(14)20-9)13(19)17-11-6-8(15)2-4-10(11)16/h2-6H,7H2,1H3,(H,17,19). The van der Waals surface area contributed by atoms with Crippen molar-refractivity contribution in [2.75, 3.05) is 12.4 Å². The van der Waals surface area contributed by atoms with Crippen molar-refractivity contribution in [3.05, 3.63) is 52.4 Å². The molecule has 106 valence electrons. The van der Waals surface area contributed by atoms with Crippen LogP contribution in [0.1, 0.15) is 5.76 Å². The molecule has 7 heteroatoms. The average molecular weight is 345 g/mol. The Balaban J connectivity index is 2.02. The summed E-state index contributed by atoms with van der Waals surface area (Å²) in [6.07, 6.45) is 0. The lowest BCUT2D eigenvalue weighted by Gasteiger charge is -2.17. The molecule has 0 aliphatic rings. The van der Waals surface area contributed by atoms with Gasteiger partial charge in [-0.15, -0.1) is 0 Å². The maximum atomic E-state index is 13.4. The van der Waals surface area contributed by atoms with Gasteiger partial charge in [0.05, 0.1) is 12.2 Å². The molecule has 0 saturated heterocycles. The first kappa shape index (κ1) is 14.5. The van der Waals surface area contributed by atoms with E-state index in [-0.39, 0.29) is 12.2 Å². The Morgan fingerprint density at radius 3 is 2.75 bits per heavy atom. The number of anilines is 1. The van der Waals surface area contributed by atoms with E-state index < -0.39 is 17.7 Å². The summed E-state index contributed by atoms with van der Waals surface area (Å²) < 4.78 is 32.2. The second-order valence-electron chi connectivity index (χ2n) is 4.12. The smallest absolute Gasteiger partial charge is 0.322 e. The molecule has 0 saturated carbocycles. The number of carbonyl (C=O) groups excluding carboxylic acids is 1. The predicted octanol–water partition coefficient (Wildman–Crippen LogP) is 3.98. The van der Waals surface area contributed by atoms with Gasteiger partial charge < -0.3 is 14.6 Å². The zero-order valence-electron chi connectivity index (χ0n) is 10.5. The number of halogens is 3. The van der Waals surface area contributed by atoms with Crippen molar-refractivity contribution in [1.82, 2.24) is 4.90 Å². The van der Waals surface area contributed by atoms with Gasteiger partial charge in [0.25, 0.3) is 0 Å². The summed E-state index contributed by atoms with van der Waals surface area (Å²) in [5.74, 6) is -0.762. The minimum atomic E-state index is -0.700. The Hall–Kier alpha value is -1.89. The van der Waals surface area contributed by atoms with E-state index in [1.54, 1.807) is 12.1 Å². The fourth-order valence-corrected chi connectivity index (χ4v) is 1.89. The number of nitrogens with zero attached hydrogens (tertiary/aromatic N) is 1. The summed E-state index contributed by atoms with van der Waals surface area (Å²) in [6.45, 7) is 0.203. The molecule has 0 unspecified atom stereocenters. The molecule has 4 nitrogen and oxygen atoms in total. The second-order valence-corrected chi connectivity index (χ2v) is 4.90. The zero-order valence-corrected chi connectivity index (χ0v) is 12.1. The highest BCUT2D eigenvalue weighted by atomic mass is 79.9. The van der Waals surface area contributed by atoms with Crippen molar-refractivity contribution in [2.45, 2.75) is 6.54 Å². The van der Waals surface area contributed by atoms with E-state index in [1.807, 2.05) is 0 Å². The lowest BCUT2D eigenvalue weighted by Crippen LogP contribution is -2.31. The minimum absolute atomic E-state index is 0.203. The molecule has 0 atom stereocenters. The minimum Gasteiger partial charge on any atom is -0.452 e. The van der Waals surface area contributed by atoms with Crippen molar-refractivity contribution < 1.29 is 18.0 Å². The van der Waals surface area contributed by atoms with Crippen LogP contribution >= 0.6 is 15.9 Å². The maximum absolute atomic E-state index is 13.4. The Morgan fingerprint density at radius 1 is 1.35 bits per heavy atom. The van der Waals surface area contributed by atoms with Gasteiger partial charge >= 0.3 is 6.03 Å². The van der Waals surface area contributed by atoms with Gasteiger partial charge in [0, 0.05) is 13.1 Å². The highest BCUT2D eigenvalue weighted by Crippen LogP contribution is 2.18. The van der Waals surface area contributed by atoms with Gasteiger partial charge in [-0.1, -0.05) is 0 Å². The van der Waals surface area contributed by atoms with E-state index in [2.05, 4.69) is 21.2 Å². The van der Waals surface area contributed by atoms with Crippen LogP contribution in [0, 0.1) is 11.6 Å². The van der Waals surface area contributed by atoms with Crippen LogP contribution in [0.4, 0.5) is 19.3 Å². The summed E-state index contributed by atoms with van der Waals surface area (Å²) >= 11 is 3.15. The largest absolute Gasteiger partial charge is 0.452 e. The number of hydrogen-bond acceptors (Lipinski definition) is 2. The molecule has 2 rings (SSSR count). The predicted molar refractivity (Wildman–Crippen MR) is 73.3 cm³/mol. The molecule has 0 spiro atoms. The van der Waals surface area contributed by atoms with Crippen LogP contribution in [0.15, 0.2) is 39.4 Å². The molecule has 0 aliphatic carbocycles. The SMILES string of the molecule is CN(Cc1ccc(Br)o1)C(=O)Nc1cc(F)ccc1F. The van der Waals surface area contributed by atoms with E-state index in [0.717, 1.165) is 18.2 Å². The molecule has 0 radical (unpaired) electrons. The van der Waals surface area contributed by atoms with Gasteiger partial charge in [-0.3, -0.25) is 0 Å². The number of benzene rings is 1. The summed E-state index contributed by atoms with van der Waals surface area (Å²) in [7, 11) is 1.52. The van der Waals surface area contributed by atoms with E-state index in [0.29, 0.717) is 10.4 Å². The van der Waals surface area contributed by atoms with Gasteiger partial charge in [0.2, 0.25) is 0 Å². The summed E-state index contributed by atoms with van der Waals surface area (Å²) in [4.78, 5) is 13.1. The van der Waals surface area contributed by atoms with E-state index in [4.69, 9.17) is 4.42 Å². The molecule has 0 bridgehead atoms. The van der Waals surface area contributed by atoms with Crippen molar-refractivity contribution >= 4 is 27.6 Å². The lowest BCUT2D eigenvalue weighted by atomic mass is 10.3. The summed E-state index contributed by atoms with van der Waals surface area (Å²) in [5.41, 5.74) is -0.206. The van der Waals surface area contributed by atoms with Gasteiger partial charge in [0.15, 0.2) is 4.67 Å². The van der Waals surface area contributed by atoms with Crippen LogP contribution in [0.5, 0.6) is 0 Å². The zero-order chi connectivity index (χ0) is 14.7. The van der Waals surface area contributed by atoms with Crippen LogP contribution < -0.4 is 5.32 Å². The molecule has 1 aromatic heterocycles. The van der Waals surface area contributed by atoms with Crippen molar-refractivity contribution in [2.24, 2.45) is 0 Å². The van der Waals surface area contributed by atoms with E-state index in [1.165, 1.54) is 11.9 Å². The molecule has 0 fully saturated rings. The first-order valence-corrected chi connectivity index (χ1v) is 6.46. The van der Waals surface area contributed by atoms with Gasteiger partial charge in [0.1, 0.15) is 17.4 Å². The van der Waals surface area contributed by atoms with E-state index >= 15 is 0 Å². The number of hydrogen-bond donors (Lipinski definition) is 1. The molecule has 1 aromatic carbocycles. The third-order valence-electron chi connectivity index (χ3n) is 2.54. The molecule has 20 heavy (non-hydrogen) atoms. The van der Waals surface area contributed by atoms with Crippen LogP contribution in [-0.4, -0.2) is 18.0 Å². The fourth-order valence-electron chi connectivity index (χ4n) is 1.55. The highest BCUT2D eigenvalue weighted by Gasteiger charge is 2.14. The first-order chi connectivity index (χ1) is 9.45. The summed E-state index contributed by atoms with van der Waals surface area (Å²) in [6, 6.07) is 5.69. The topological polar surface area (TPSA) is 45.5 Å². The molecule has 2 aromatic rings. The van der Waals surface area contributed by atoms with Crippen molar-refractivity contribution in [3.8, 4) is 0 Å². The molecular formula is C13H11BrF2N2O2. The first-order valence-electron chi connectivity index (χ1n) is 5.67. The second kappa shape index (κ2) is 6.04. The Labute approximate surface area is 122 Å². The number of furan rings is 1. The monoisotopic (exact) mass is 344 g/mol. The Kier molecular flexibility index (Phi) is 4.39. The maximum Gasteiger partial charge on any atom is 0.322 e. The van der Waals surface area contributed by atoms with Crippen LogP contribution in [0.3, 0.4) is 0 Å². The number of carbonyl (C=O) groups is 1. The van der Waals surface area contributed by atoms with Gasteiger partial charge in [-0.25, -0.2) is 13.6 Å². The highest BCUT2D eigenvalue weighted by molar-refractivity contribution is 9.10. The van der Waals surface area contributed by atoms with Crippen molar-refractivity contribution in [1.29, 1.82) is 0 Å². The number of amides is 2. The van der Waals surface area contributed by atoms with Crippen LogP contribution in [0.2, 0.25) is 0 Å². The quantitative estimate of drug-likeness (QED) is 0.915. The van der Waals surface area contributed by atoms with Gasteiger partial charge in [-0.05, 0) is 40.2 Å². The normalized spacial score (nSPS) is 10.4. The summed E-state index contributed by atoms with van der Waals surface area (Å²) in [5, 5.41) is 2.30. The van der Waals surface area contributed by atoms with Crippen molar-refractivity contribution in [3.63, 3.8) is 0 Å². The molecular weight excluding hydrogens is 334 g/mol. The Morgan fingerprint density at radius 2 is 2.10 bits per heavy atom. The molecule has 2 amide bonds. The third kappa shape index (κ3) is 3.57. The lowest BCUT2D eigenvalue weighted by molar-refractivity contribution is 0.216. The van der Waals surface area contributed by atoms with E-state index in [9.17, 15) is 13.6 Å². The molecule has 0 aliphatic heterocycles. The molecule has 1 heterocycles. The molecule has 1 N–H and O–H groups in total. The third-order valence-corrected chi connectivity index (χ3v) is 2.96. The number of urea groups is 1. The fraction of sp³-hybridized carbons (Fsp3) is 0.154. The average Bonchev–Trinajstić information content (AvgIpc) is 2.79. The van der Waals surface area contributed by atoms with Crippen LogP contribution in [-0.2, 0) is 6.54 Å².